The lowest BCUT2D eigenvalue weighted by atomic mass is 9.81. The van der Waals surface area contributed by atoms with Gasteiger partial charge in [-0.05, 0) is 45.2 Å². The summed E-state index contributed by atoms with van der Waals surface area (Å²) in [6, 6.07) is 0. The minimum atomic E-state index is -0.117. The summed E-state index contributed by atoms with van der Waals surface area (Å²) >= 11 is 0. The van der Waals surface area contributed by atoms with Crippen molar-refractivity contribution >= 4 is 5.78 Å². The number of ether oxygens (including phenoxy) is 1. The Kier molecular flexibility index (Phi) is 5.40. The first-order valence-electron chi connectivity index (χ1n) is 7.99. The third-order valence-electron chi connectivity index (χ3n) is 5.05. The van der Waals surface area contributed by atoms with Gasteiger partial charge in [-0.1, -0.05) is 26.2 Å². The molecule has 2 fully saturated rings. The summed E-state index contributed by atoms with van der Waals surface area (Å²) in [5.41, 5.74) is -0.117. The lowest BCUT2D eigenvalue weighted by Crippen LogP contribution is -2.56. The molecule has 3 nitrogen and oxygen atoms in total. The van der Waals surface area contributed by atoms with E-state index in [4.69, 9.17) is 4.74 Å². The molecule has 1 unspecified atom stereocenters. The number of hydrogen-bond acceptors (Lipinski definition) is 3. The summed E-state index contributed by atoms with van der Waals surface area (Å²) in [7, 11) is 1.72. The normalized spacial score (nSPS) is 25.4. The topological polar surface area (TPSA) is 29.5 Å². The van der Waals surface area contributed by atoms with Crippen molar-refractivity contribution in [1.29, 1.82) is 0 Å². The van der Waals surface area contributed by atoms with Gasteiger partial charge in [0, 0.05) is 19.6 Å². The lowest BCUT2D eigenvalue weighted by Gasteiger charge is -2.43. The molecule has 1 atom stereocenters. The Morgan fingerprint density at radius 1 is 1.16 bits per heavy atom. The predicted molar refractivity (Wildman–Crippen MR) is 77.3 cm³/mol. The van der Waals surface area contributed by atoms with E-state index in [-0.39, 0.29) is 11.5 Å². The van der Waals surface area contributed by atoms with Crippen molar-refractivity contribution in [2.45, 2.75) is 63.8 Å². The van der Waals surface area contributed by atoms with Crippen LogP contribution in [0.2, 0.25) is 0 Å². The van der Waals surface area contributed by atoms with E-state index < -0.39 is 0 Å². The highest BCUT2D eigenvalue weighted by Gasteiger charge is 2.47. The highest BCUT2D eigenvalue weighted by atomic mass is 16.5. The molecular weight excluding hydrogens is 238 g/mol. The molecule has 2 aliphatic rings. The maximum absolute atomic E-state index is 13.0. The van der Waals surface area contributed by atoms with E-state index >= 15 is 0 Å². The van der Waals surface area contributed by atoms with Crippen LogP contribution in [0.15, 0.2) is 0 Å². The third kappa shape index (κ3) is 3.19. The Bertz CT molecular complexity index is 291. The largest absolute Gasteiger partial charge is 0.385 e. The zero-order valence-electron chi connectivity index (χ0n) is 12.6. The van der Waals surface area contributed by atoms with Crippen LogP contribution in [0, 0.1) is 5.92 Å². The maximum atomic E-state index is 13.0. The molecule has 0 radical (unpaired) electrons. The number of hydrogen-bond donors (Lipinski definition) is 0. The van der Waals surface area contributed by atoms with E-state index in [0.717, 1.165) is 32.4 Å². The number of rotatable bonds is 6. The highest BCUT2D eigenvalue weighted by Crippen LogP contribution is 2.39. The number of piperidine rings is 1. The fourth-order valence-corrected chi connectivity index (χ4v) is 3.88. The number of Topliss-reactive ketones (excluding diaryl/α,β-unsaturated/α-hetero) is 1. The summed E-state index contributed by atoms with van der Waals surface area (Å²) in [6.07, 6.45) is 9.35. The third-order valence-corrected chi connectivity index (χ3v) is 5.05. The van der Waals surface area contributed by atoms with Gasteiger partial charge in [0.1, 0.15) is 0 Å². The average molecular weight is 267 g/mol. The molecule has 0 aromatic carbocycles. The van der Waals surface area contributed by atoms with E-state index in [1.807, 2.05) is 0 Å². The molecular formula is C16H29NO2. The Balaban J connectivity index is 2.07. The molecule has 1 aliphatic heterocycles. The molecule has 0 spiro atoms. The van der Waals surface area contributed by atoms with E-state index in [1.165, 1.54) is 32.1 Å². The first-order valence-corrected chi connectivity index (χ1v) is 7.99. The van der Waals surface area contributed by atoms with Crippen molar-refractivity contribution in [2.24, 2.45) is 5.92 Å². The molecule has 1 aliphatic carbocycles. The van der Waals surface area contributed by atoms with Crippen molar-refractivity contribution in [1.82, 2.24) is 4.90 Å². The molecule has 110 valence electrons. The Hall–Kier alpha value is -0.410. The van der Waals surface area contributed by atoms with Gasteiger partial charge >= 0.3 is 0 Å². The van der Waals surface area contributed by atoms with Crippen molar-refractivity contribution in [2.75, 3.05) is 26.8 Å². The number of ketones is 1. The monoisotopic (exact) mass is 267 g/mol. The predicted octanol–water partition coefficient (Wildman–Crippen LogP) is 3.03. The number of carbonyl (C=O) groups excluding carboxylic acids is 1. The second-order valence-corrected chi connectivity index (χ2v) is 6.33. The Labute approximate surface area is 117 Å². The van der Waals surface area contributed by atoms with Crippen LogP contribution in [0.1, 0.15) is 58.3 Å². The molecule has 3 heteroatoms. The molecule has 0 aromatic heterocycles. The quantitative estimate of drug-likeness (QED) is 0.741. The molecule has 19 heavy (non-hydrogen) atoms. The molecule has 0 aromatic rings. The van der Waals surface area contributed by atoms with Crippen LogP contribution in [0.25, 0.3) is 0 Å². The number of nitrogens with zero attached hydrogens (tertiary/aromatic N) is 1. The van der Waals surface area contributed by atoms with Crippen LogP contribution in [0.4, 0.5) is 0 Å². The van der Waals surface area contributed by atoms with Crippen LogP contribution in [0.3, 0.4) is 0 Å². The Morgan fingerprint density at radius 2 is 1.79 bits per heavy atom. The molecule has 1 saturated carbocycles. The van der Waals surface area contributed by atoms with Crippen molar-refractivity contribution < 1.29 is 9.53 Å². The van der Waals surface area contributed by atoms with Gasteiger partial charge in [-0.2, -0.15) is 0 Å². The standard InChI is InChI=1S/C16H29NO2/c1-14(8-13-19-2)15(18)16(9-4-5-10-16)17-11-6-3-7-12-17/h14H,3-13H2,1-2H3. The van der Waals surface area contributed by atoms with Gasteiger partial charge < -0.3 is 4.74 Å². The van der Waals surface area contributed by atoms with Gasteiger partial charge in [-0.3, -0.25) is 9.69 Å². The van der Waals surface area contributed by atoms with Crippen molar-refractivity contribution in [3.05, 3.63) is 0 Å². The van der Waals surface area contributed by atoms with E-state index in [1.54, 1.807) is 7.11 Å². The molecule has 2 rings (SSSR count). The molecule has 1 heterocycles. The first-order chi connectivity index (χ1) is 9.20. The zero-order chi connectivity index (χ0) is 13.7. The summed E-state index contributed by atoms with van der Waals surface area (Å²) in [5.74, 6) is 0.629. The van der Waals surface area contributed by atoms with Gasteiger partial charge in [-0.15, -0.1) is 0 Å². The second-order valence-electron chi connectivity index (χ2n) is 6.33. The molecule has 0 N–H and O–H groups in total. The number of likely N-dealkylation sites (tertiary alicyclic amines) is 1. The van der Waals surface area contributed by atoms with Crippen LogP contribution in [-0.2, 0) is 9.53 Å². The SMILES string of the molecule is COCCC(C)C(=O)C1(N2CCCCC2)CCCC1. The van der Waals surface area contributed by atoms with E-state index in [0.29, 0.717) is 12.4 Å². The minimum absolute atomic E-state index is 0.117. The van der Waals surface area contributed by atoms with Crippen molar-refractivity contribution in [3.63, 3.8) is 0 Å². The minimum Gasteiger partial charge on any atom is -0.385 e. The van der Waals surface area contributed by atoms with Crippen molar-refractivity contribution in [3.8, 4) is 0 Å². The average Bonchev–Trinajstić information content (AvgIpc) is 2.95. The number of methoxy groups -OCH3 is 1. The molecule has 1 saturated heterocycles. The van der Waals surface area contributed by atoms with E-state index in [9.17, 15) is 4.79 Å². The fourth-order valence-electron chi connectivity index (χ4n) is 3.88. The van der Waals surface area contributed by atoms with Crippen LogP contribution in [0.5, 0.6) is 0 Å². The highest BCUT2D eigenvalue weighted by molar-refractivity contribution is 5.90. The van der Waals surface area contributed by atoms with Gasteiger partial charge in [0.25, 0.3) is 0 Å². The molecule has 0 amide bonds. The zero-order valence-corrected chi connectivity index (χ0v) is 12.6. The van der Waals surface area contributed by atoms with Gasteiger partial charge in [0.05, 0.1) is 5.54 Å². The second kappa shape index (κ2) is 6.85. The summed E-state index contributed by atoms with van der Waals surface area (Å²) < 4.78 is 5.14. The summed E-state index contributed by atoms with van der Waals surface area (Å²) in [6.45, 7) is 5.04. The first kappa shape index (κ1) is 15.0. The van der Waals surface area contributed by atoms with Gasteiger partial charge in [-0.25, -0.2) is 0 Å². The van der Waals surface area contributed by atoms with Gasteiger partial charge in [0.15, 0.2) is 5.78 Å². The van der Waals surface area contributed by atoms with Crippen LogP contribution < -0.4 is 0 Å². The van der Waals surface area contributed by atoms with Gasteiger partial charge in [0.2, 0.25) is 0 Å². The Morgan fingerprint density at radius 3 is 2.37 bits per heavy atom. The summed E-state index contributed by atoms with van der Waals surface area (Å²) in [4.78, 5) is 15.5. The van der Waals surface area contributed by atoms with Crippen LogP contribution in [-0.4, -0.2) is 43.0 Å². The lowest BCUT2D eigenvalue weighted by molar-refractivity contribution is -0.136. The van der Waals surface area contributed by atoms with Crippen LogP contribution >= 0.6 is 0 Å². The smallest absolute Gasteiger partial charge is 0.155 e. The fraction of sp³-hybridized carbons (Fsp3) is 0.938. The summed E-state index contributed by atoms with van der Waals surface area (Å²) in [5, 5.41) is 0. The molecule has 0 bridgehead atoms. The van der Waals surface area contributed by atoms with E-state index in [2.05, 4.69) is 11.8 Å². The maximum Gasteiger partial charge on any atom is 0.155 e. The number of carbonyl (C=O) groups is 1.